The number of phenols is 1. The van der Waals surface area contributed by atoms with Gasteiger partial charge in [-0.25, -0.2) is 4.79 Å². The highest BCUT2D eigenvalue weighted by Gasteiger charge is 2.15. The Bertz CT molecular complexity index is 894. The average Bonchev–Trinajstić information content (AvgIpc) is 2.68. The number of hydrogen-bond donors (Lipinski definition) is 1. The molecule has 132 valence electrons. The Kier molecular flexibility index (Phi) is 5.92. The zero-order valence-corrected chi connectivity index (χ0v) is 15.5. The van der Waals surface area contributed by atoms with Crippen LogP contribution < -0.4 is 4.74 Å². The lowest BCUT2D eigenvalue weighted by atomic mass is 10.2. The van der Waals surface area contributed by atoms with Gasteiger partial charge in [-0.15, -0.1) is 0 Å². The van der Waals surface area contributed by atoms with Crippen molar-refractivity contribution in [2.24, 2.45) is 0 Å². The lowest BCUT2D eigenvalue weighted by molar-refractivity contribution is 0.0465. The van der Waals surface area contributed by atoms with E-state index in [1.165, 1.54) is 6.07 Å². The molecule has 0 aliphatic rings. The van der Waals surface area contributed by atoms with E-state index < -0.39 is 5.97 Å². The molecule has 3 aromatic rings. The summed E-state index contributed by atoms with van der Waals surface area (Å²) in [6.45, 7) is 0.480. The van der Waals surface area contributed by atoms with Crippen LogP contribution in [0.4, 0.5) is 0 Å². The number of carbonyl (C=O) groups excluding carboxylic acids is 1. The van der Waals surface area contributed by atoms with Gasteiger partial charge in [0.1, 0.15) is 30.3 Å². The molecule has 1 N–H and O–H groups in total. The van der Waals surface area contributed by atoms with Crippen molar-refractivity contribution in [1.29, 1.82) is 0 Å². The fourth-order valence-electron chi connectivity index (χ4n) is 2.40. The second-order valence-corrected chi connectivity index (χ2v) is 6.45. The average molecular weight is 413 g/mol. The monoisotopic (exact) mass is 412 g/mol. The summed E-state index contributed by atoms with van der Waals surface area (Å²) in [6.07, 6.45) is 0. The van der Waals surface area contributed by atoms with Gasteiger partial charge >= 0.3 is 5.97 Å². The van der Waals surface area contributed by atoms with Crippen LogP contribution in [0.2, 0.25) is 0 Å². The fourth-order valence-corrected chi connectivity index (χ4v) is 2.77. The molecule has 0 spiro atoms. The third kappa shape index (κ3) is 4.43. The molecule has 0 aliphatic heterocycles. The summed E-state index contributed by atoms with van der Waals surface area (Å²) >= 11 is 3.19. The number of para-hydroxylation sites is 2. The number of halogens is 1. The van der Waals surface area contributed by atoms with Crippen molar-refractivity contribution in [3.8, 4) is 11.5 Å². The van der Waals surface area contributed by atoms with Crippen LogP contribution in [0, 0.1) is 0 Å². The topological polar surface area (TPSA) is 55.8 Å². The van der Waals surface area contributed by atoms with E-state index >= 15 is 0 Å². The molecule has 0 amide bonds. The van der Waals surface area contributed by atoms with E-state index in [-0.39, 0.29) is 17.9 Å². The summed E-state index contributed by atoms with van der Waals surface area (Å²) in [5.41, 5.74) is 1.92. The number of carbonyl (C=O) groups is 1. The molecule has 0 aromatic heterocycles. The smallest absolute Gasteiger partial charge is 0.342 e. The van der Waals surface area contributed by atoms with Gasteiger partial charge in [-0.05, 0) is 39.7 Å². The van der Waals surface area contributed by atoms with Gasteiger partial charge in [0.15, 0.2) is 0 Å². The second-order valence-electron chi connectivity index (χ2n) is 5.59. The number of benzene rings is 3. The van der Waals surface area contributed by atoms with E-state index in [1.54, 1.807) is 12.1 Å². The molecule has 0 saturated heterocycles. The molecule has 0 atom stereocenters. The maximum absolute atomic E-state index is 12.2. The van der Waals surface area contributed by atoms with Crippen LogP contribution in [-0.2, 0) is 18.0 Å². The van der Waals surface area contributed by atoms with Crippen LogP contribution in [0.3, 0.4) is 0 Å². The van der Waals surface area contributed by atoms with E-state index in [0.717, 1.165) is 11.1 Å². The first kappa shape index (κ1) is 18.0. The Morgan fingerprint density at radius 2 is 1.62 bits per heavy atom. The minimum atomic E-state index is -0.596. The highest BCUT2D eigenvalue weighted by molar-refractivity contribution is 9.10. The summed E-state index contributed by atoms with van der Waals surface area (Å²) in [7, 11) is 0. The number of esters is 1. The summed E-state index contributed by atoms with van der Waals surface area (Å²) < 4.78 is 11.6. The number of hydrogen-bond acceptors (Lipinski definition) is 4. The van der Waals surface area contributed by atoms with E-state index in [0.29, 0.717) is 16.8 Å². The van der Waals surface area contributed by atoms with Crippen LogP contribution >= 0.6 is 15.9 Å². The van der Waals surface area contributed by atoms with Crippen molar-refractivity contribution in [3.63, 3.8) is 0 Å². The third-order valence-electron chi connectivity index (χ3n) is 3.78. The summed E-state index contributed by atoms with van der Waals surface area (Å²) in [6, 6.07) is 22.1. The Labute approximate surface area is 160 Å². The Hall–Kier alpha value is -2.79. The van der Waals surface area contributed by atoms with Crippen LogP contribution in [-0.4, -0.2) is 11.1 Å². The molecule has 0 heterocycles. The van der Waals surface area contributed by atoms with Crippen molar-refractivity contribution in [3.05, 3.63) is 94.0 Å². The second kappa shape index (κ2) is 8.54. The number of aromatic hydroxyl groups is 1. The van der Waals surface area contributed by atoms with E-state index in [2.05, 4.69) is 15.9 Å². The summed E-state index contributed by atoms with van der Waals surface area (Å²) in [4.78, 5) is 12.2. The predicted molar refractivity (Wildman–Crippen MR) is 102 cm³/mol. The molecule has 0 saturated carbocycles. The first-order chi connectivity index (χ1) is 12.6. The maximum atomic E-state index is 12.2. The normalized spacial score (nSPS) is 10.3. The Morgan fingerprint density at radius 1 is 0.885 bits per heavy atom. The maximum Gasteiger partial charge on any atom is 0.342 e. The van der Waals surface area contributed by atoms with E-state index in [1.807, 2.05) is 54.6 Å². The molecule has 0 unspecified atom stereocenters. The molecule has 3 rings (SSSR count). The van der Waals surface area contributed by atoms with Crippen molar-refractivity contribution >= 4 is 21.9 Å². The zero-order valence-electron chi connectivity index (χ0n) is 13.9. The first-order valence-corrected chi connectivity index (χ1v) is 8.83. The molecule has 4 nitrogen and oxygen atoms in total. The molecule has 0 bridgehead atoms. The largest absolute Gasteiger partial charge is 0.506 e. The third-order valence-corrected chi connectivity index (χ3v) is 4.42. The molecular formula is C21H17BrO4. The van der Waals surface area contributed by atoms with Crippen LogP contribution in [0.25, 0.3) is 0 Å². The van der Waals surface area contributed by atoms with Crippen molar-refractivity contribution in [1.82, 2.24) is 0 Å². The highest BCUT2D eigenvalue weighted by atomic mass is 79.9. The molecule has 26 heavy (non-hydrogen) atoms. The predicted octanol–water partition coefficient (Wildman–Crippen LogP) is 5.09. The van der Waals surface area contributed by atoms with Gasteiger partial charge in [0.05, 0.1) is 4.47 Å². The fraction of sp³-hybridized carbons (Fsp3) is 0.0952. The first-order valence-electron chi connectivity index (χ1n) is 8.04. The molecule has 0 aliphatic carbocycles. The lowest BCUT2D eigenvalue weighted by Crippen LogP contribution is -2.07. The molecular weight excluding hydrogens is 396 g/mol. The van der Waals surface area contributed by atoms with Crippen LogP contribution in [0.1, 0.15) is 21.5 Å². The quantitative estimate of drug-likeness (QED) is 0.572. The standard InChI is InChI=1S/C21H17BrO4/c22-18-11-6-10-17(20(18)23)21(24)26-14-16-9-4-5-12-19(16)25-13-15-7-2-1-3-8-15/h1-12,23H,13-14H2. The van der Waals surface area contributed by atoms with Gasteiger partial charge in [0.2, 0.25) is 0 Å². The molecule has 0 fully saturated rings. The molecule has 0 radical (unpaired) electrons. The lowest BCUT2D eigenvalue weighted by Gasteiger charge is -2.12. The Balaban J connectivity index is 1.66. The van der Waals surface area contributed by atoms with Crippen LogP contribution in [0.5, 0.6) is 11.5 Å². The minimum absolute atomic E-state index is 0.0513. The van der Waals surface area contributed by atoms with Gasteiger partial charge in [0.25, 0.3) is 0 Å². The van der Waals surface area contributed by atoms with Crippen molar-refractivity contribution in [2.45, 2.75) is 13.2 Å². The summed E-state index contributed by atoms with van der Waals surface area (Å²) in [5.74, 6) is -0.0737. The van der Waals surface area contributed by atoms with E-state index in [9.17, 15) is 9.90 Å². The highest BCUT2D eigenvalue weighted by Crippen LogP contribution is 2.28. The minimum Gasteiger partial charge on any atom is -0.506 e. The van der Waals surface area contributed by atoms with Crippen molar-refractivity contribution < 1.29 is 19.4 Å². The van der Waals surface area contributed by atoms with Gasteiger partial charge in [0, 0.05) is 5.56 Å². The van der Waals surface area contributed by atoms with Gasteiger partial charge in [-0.2, -0.15) is 0 Å². The van der Waals surface area contributed by atoms with Gasteiger partial charge in [-0.1, -0.05) is 54.6 Å². The molecule has 3 aromatic carbocycles. The zero-order chi connectivity index (χ0) is 18.4. The Morgan fingerprint density at radius 3 is 2.42 bits per heavy atom. The van der Waals surface area contributed by atoms with Crippen molar-refractivity contribution in [2.75, 3.05) is 0 Å². The number of rotatable bonds is 6. The van der Waals surface area contributed by atoms with Gasteiger partial charge in [-0.3, -0.25) is 0 Å². The van der Waals surface area contributed by atoms with Gasteiger partial charge < -0.3 is 14.6 Å². The molecule has 5 heteroatoms. The van der Waals surface area contributed by atoms with Crippen LogP contribution in [0.15, 0.2) is 77.3 Å². The number of phenolic OH excluding ortho intramolecular Hbond substituents is 1. The SMILES string of the molecule is O=C(OCc1ccccc1OCc1ccccc1)c1cccc(Br)c1O. The summed E-state index contributed by atoms with van der Waals surface area (Å²) in [5, 5.41) is 9.96. The van der Waals surface area contributed by atoms with E-state index in [4.69, 9.17) is 9.47 Å². The number of ether oxygens (including phenoxy) is 2.